The third-order valence-electron chi connectivity index (χ3n) is 1.40. The topological polar surface area (TPSA) is 111 Å². The number of thioether (sulfide) groups is 2. The van der Waals surface area contributed by atoms with Gasteiger partial charge in [-0.1, -0.05) is 11.8 Å². The molecule has 1 aromatic heterocycles. The van der Waals surface area contributed by atoms with Crippen LogP contribution in [0.3, 0.4) is 0 Å². The van der Waals surface area contributed by atoms with Gasteiger partial charge in [0.15, 0.2) is 0 Å². The van der Waals surface area contributed by atoms with Crippen molar-refractivity contribution in [2.75, 3.05) is 11.5 Å². The number of aromatic nitrogens is 1. The fourth-order valence-electron chi connectivity index (χ4n) is 0.809. The maximum Gasteiger partial charge on any atom is 0.313 e. The molecule has 1 aromatic rings. The van der Waals surface area contributed by atoms with Crippen molar-refractivity contribution in [3.05, 3.63) is 5.56 Å². The van der Waals surface area contributed by atoms with E-state index in [1.165, 1.54) is 0 Å². The molecule has 0 aliphatic carbocycles. The molecule has 17 heavy (non-hydrogen) atoms. The first-order valence-electron chi connectivity index (χ1n) is 4.13. The van der Waals surface area contributed by atoms with Crippen LogP contribution >= 0.6 is 35.1 Å². The standard InChI is InChI=1S/C8H6N2O4S3/c9-1-4-7(15-2-5(11)12)10-17-8(4)16-3-6(13)14/h2-3H2,(H,11,12)(H,13,14). The van der Waals surface area contributed by atoms with E-state index in [1.54, 1.807) is 0 Å². The molecule has 2 N–H and O–H groups in total. The Morgan fingerprint density at radius 1 is 1.29 bits per heavy atom. The summed E-state index contributed by atoms with van der Waals surface area (Å²) in [5.74, 6) is -2.31. The van der Waals surface area contributed by atoms with Crippen molar-refractivity contribution in [2.45, 2.75) is 9.24 Å². The lowest BCUT2D eigenvalue weighted by Gasteiger charge is -1.95. The van der Waals surface area contributed by atoms with Crippen LogP contribution in [-0.2, 0) is 9.59 Å². The van der Waals surface area contributed by atoms with Crippen LogP contribution in [-0.4, -0.2) is 38.0 Å². The molecule has 1 rings (SSSR count). The number of nitrogens with zero attached hydrogens (tertiary/aromatic N) is 2. The van der Waals surface area contributed by atoms with Gasteiger partial charge in [0.25, 0.3) is 0 Å². The summed E-state index contributed by atoms with van der Waals surface area (Å²) >= 11 is 2.97. The summed E-state index contributed by atoms with van der Waals surface area (Å²) in [5.41, 5.74) is 0.257. The van der Waals surface area contributed by atoms with Gasteiger partial charge >= 0.3 is 11.9 Å². The zero-order valence-electron chi connectivity index (χ0n) is 8.24. The fourth-order valence-corrected chi connectivity index (χ4v) is 3.34. The average Bonchev–Trinajstić information content (AvgIpc) is 2.65. The van der Waals surface area contributed by atoms with Gasteiger partial charge < -0.3 is 10.2 Å². The van der Waals surface area contributed by atoms with Crippen molar-refractivity contribution in [2.24, 2.45) is 0 Å². The van der Waals surface area contributed by atoms with Crippen LogP contribution in [0, 0.1) is 11.3 Å². The second kappa shape index (κ2) is 6.48. The zero-order chi connectivity index (χ0) is 12.8. The van der Waals surface area contributed by atoms with Crippen molar-refractivity contribution >= 4 is 47.0 Å². The second-order valence-electron chi connectivity index (χ2n) is 2.63. The Labute approximate surface area is 109 Å². The molecule has 0 unspecified atom stereocenters. The summed E-state index contributed by atoms with van der Waals surface area (Å²) < 4.78 is 4.44. The Kier molecular flexibility index (Phi) is 5.27. The molecule has 90 valence electrons. The minimum atomic E-state index is -0.994. The van der Waals surface area contributed by atoms with Crippen LogP contribution in [0.1, 0.15) is 5.56 Å². The summed E-state index contributed by atoms with van der Waals surface area (Å²) in [5, 5.41) is 26.3. The van der Waals surface area contributed by atoms with Crippen LogP contribution in [0.15, 0.2) is 9.24 Å². The first-order valence-corrected chi connectivity index (χ1v) is 6.88. The highest BCUT2D eigenvalue weighted by Gasteiger charge is 2.16. The van der Waals surface area contributed by atoms with E-state index in [-0.39, 0.29) is 17.1 Å². The molecule has 0 atom stereocenters. The molecule has 9 heteroatoms. The number of rotatable bonds is 6. The zero-order valence-corrected chi connectivity index (χ0v) is 10.7. The van der Waals surface area contributed by atoms with Gasteiger partial charge in [-0.2, -0.15) is 9.64 Å². The van der Waals surface area contributed by atoms with Gasteiger partial charge in [0.05, 0.1) is 11.5 Å². The molecule has 0 saturated heterocycles. The Hall–Kier alpha value is -1.24. The monoisotopic (exact) mass is 290 g/mol. The number of hydrogen-bond acceptors (Lipinski definition) is 7. The summed E-state index contributed by atoms with van der Waals surface area (Å²) in [6.07, 6.45) is 0. The van der Waals surface area contributed by atoms with Gasteiger partial charge in [0.1, 0.15) is 20.9 Å². The Bertz CT molecular complexity index is 444. The van der Waals surface area contributed by atoms with E-state index in [2.05, 4.69) is 4.37 Å². The number of hydrogen-bond donors (Lipinski definition) is 2. The Morgan fingerprint density at radius 3 is 2.41 bits per heavy atom. The normalized spacial score (nSPS) is 9.82. The van der Waals surface area contributed by atoms with E-state index in [4.69, 9.17) is 15.5 Å². The predicted octanol–water partition coefficient (Wildman–Crippen LogP) is 1.37. The van der Waals surface area contributed by atoms with E-state index in [0.29, 0.717) is 9.24 Å². The van der Waals surface area contributed by atoms with Crippen LogP contribution in [0.4, 0.5) is 0 Å². The number of carboxylic acids is 2. The molecule has 0 aliphatic heterocycles. The molecule has 0 aromatic carbocycles. The molecular weight excluding hydrogens is 284 g/mol. The van der Waals surface area contributed by atoms with E-state index >= 15 is 0 Å². The lowest BCUT2D eigenvalue weighted by molar-refractivity contribution is -0.134. The third-order valence-corrected chi connectivity index (χ3v) is 4.55. The average molecular weight is 290 g/mol. The van der Waals surface area contributed by atoms with Crippen molar-refractivity contribution in [1.29, 1.82) is 5.26 Å². The van der Waals surface area contributed by atoms with Gasteiger partial charge in [-0.05, 0) is 11.5 Å². The van der Waals surface area contributed by atoms with Crippen molar-refractivity contribution in [3.63, 3.8) is 0 Å². The quantitative estimate of drug-likeness (QED) is 0.755. The van der Waals surface area contributed by atoms with Crippen LogP contribution in [0.2, 0.25) is 0 Å². The number of nitriles is 1. The molecule has 6 nitrogen and oxygen atoms in total. The number of aliphatic carboxylic acids is 2. The first kappa shape index (κ1) is 13.8. The predicted molar refractivity (Wildman–Crippen MR) is 63.5 cm³/mol. The minimum absolute atomic E-state index is 0.153. The van der Waals surface area contributed by atoms with Crippen molar-refractivity contribution in [3.8, 4) is 6.07 Å². The maximum absolute atomic E-state index is 10.4. The molecule has 0 amide bonds. The second-order valence-corrected chi connectivity index (χ2v) is 5.61. The minimum Gasteiger partial charge on any atom is -0.481 e. The number of carboxylic acid groups (broad SMARTS) is 2. The summed E-state index contributed by atoms with van der Waals surface area (Å²) in [6.45, 7) is 0. The van der Waals surface area contributed by atoms with Crippen molar-refractivity contribution in [1.82, 2.24) is 4.37 Å². The smallest absolute Gasteiger partial charge is 0.313 e. The van der Waals surface area contributed by atoms with Gasteiger partial charge in [-0.25, -0.2) is 0 Å². The van der Waals surface area contributed by atoms with E-state index < -0.39 is 11.9 Å². The number of carbonyl (C=O) groups is 2. The Balaban J connectivity index is 2.77. The SMILES string of the molecule is N#Cc1c(SCC(=O)O)nsc1SCC(=O)O. The molecule has 0 bridgehead atoms. The van der Waals surface area contributed by atoms with Gasteiger partial charge in [-0.3, -0.25) is 9.59 Å². The van der Waals surface area contributed by atoms with Crippen LogP contribution < -0.4 is 0 Å². The third kappa shape index (κ3) is 4.26. The molecule has 0 spiro atoms. The van der Waals surface area contributed by atoms with Crippen LogP contribution in [0.5, 0.6) is 0 Å². The van der Waals surface area contributed by atoms with E-state index in [0.717, 1.165) is 35.1 Å². The molecule has 1 heterocycles. The summed E-state index contributed by atoms with van der Waals surface area (Å²) in [4.78, 5) is 20.8. The lowest BCUT2D eigenvalue weighted by Crippen LogP contribution is -1.98. The van der Waals surface area contributed by atoms with E-state index in [9.17, 15) is 9.59 Å². The Morgan fingerprint density at radius 2 is 1.88 bits per heavy atom. The molecule has 0 aliphatic rings. The molecule has 0 radical (unpaired) electrons. The highest BCUT2D eigenvalue weighted by molar-refractivity contribution is 8.02. The van der Waals surface area contributed by atoms with Crippen molar-refractivity contribution < 1.29 is 19.8 Å². The van der Waals surface area contributed by atoms with Gasteiger partial charge in [-0.15, -0.1) is 11.8 Å². The highest BCUT2D eigenvalue weighted by atomic mass is 32.2. The maximum atomic E-state index is 10.4. The van der Waals surface area contributed by atoms with Gasteiger partial charge in [0.2, 0.25) is 0 Å². The lowest BCUT2D eigenvalue weighted by atomic mass is 10.4. The highest BCUT2D eigenvalue weighted by Crippen LogP contribution is 2.33. The molecule has 0 fully saturated rings. The summed E-state index contributed by atoms with van der Waals surface area (Å²) in [6, 6.07) is 1.91. The van der Waals surface area contributed by atoms with E-state index in [1.807, 2.05) is 6.07 Å². The van der Waals surface area contributed by atoms with Crippen LogP contribution in [0.25, 0.3) is 0 Å². The van der Waals surface area contributed by atoms with Gasteiger partial charge in [0, 0.05) is 0 Å². The molecule has 0 saturated carbocycles. The summed E-state index contributed by atoms with van der Waals surface area (Å²) in [7, 11) is 0. The largest absolute Gasteiger partial charge is 0.481 e. The first-order chi connectivity index (χ1) is 8.04. The fraction of sp³-hybridized carbons (Fsp3) is 0.250. The molecular formula is C8H6N2O4S3.